The second-order valence-electron chi connectivity index (χ2n) is 5.57. The van der Waals surface area contributed by atoms with Gasteiger partial charge in [0.25, 0.3) is 0 Å². The molecule has 8 nitrogen and oxygen atoms in total. The number of aryl methyl sites for hydroxylation is 2. The number of ether oxygens (including phenoxy) is 1. The van der Waals surface area contributed by atoms with Crippen molar-refractivity contribution in [2.75, 3.05) is 24.6 Å². The van der Waals surface area contributed by atoms with Crippen LogP contribution in [0.5, 0.6) is 5.75 Å². The van der Waals surface area contributed by atoms with E-state index < -0.39 is 23.3 Å². The lowest BCUT2D eigenvalue weighted by Crippen LogP contribution is -2.29. The number of carboxylic acids is 1. The third kappa shape index (κ3) is 5.41. The van der Waals surface area contributed by atoms with Gasteiger partial charge >= 0.3 is 17.7 Å². The SMILES string of the molecule is Cc1cc2cc(C(=O)O)c(=O)oc2c(C)c1OC(=O)NCCSSCCN. The van der Waals surface area contributed by atoms with E-state index in [4.69, 9.17) is 20.0 Å². The van der Waals surface area contributed by atoms with Crippen LogP contribution in [0.4, 0.5) is 4.79 Å². The van der Waals surface area contributed by atoms with Gasteiger partial charge in [-0.3, -0.25) is 0 Å². The van der Waals surface area contributed by atoms with E-state index >= 15 is 0 Å². The smallest absolute Gasteiger partial charge is 0.412 e. The summed E-state index contributed by atoms with van der Waals surface area (Å²) in [6.07, 6.45) is -0.616. The van der Waals surface area contributed by atoms with Crippen molar-refractivity contribution in [2.24, 2.45) is 5.73 Å². The van der Waals surface area contributed by atoms with Gasteiger partial charge < -0.3 is 25.3 Å². The molecule has 0 spiro atoms. The first-order valence-corrected chi connectivity index (χ1v) is 10.6. The van der Waals surface area contributed by atoms with Gasteiger partial charge in [0.1, 0.15) is 16.9 Å². The lowest BCUT2D eigenvalue weighted by molar-refractivity contribution is 0.0692. The molecule has 10 heteroatoms. The maximum absolute atomic E-state index is 12.0. The lowest BCUT2D eigenvalue weighted by Gasteiger charge is -2.13. The summed E-state index contributed by atoms with van der Waals surface area (Å²) >= 11 is 0. The highest BCUT2D eigenvalue weighted by Crippen LogP contribution is 2.31. The van der Waals surface area contributed by atoms with Crippen molar-refractivity contribution in [3.63, 3.8) is 0 Å². The topological polar surface area (TPSA) is 132 Å². The standard InChI is InChI=1S/C17H20N2O6S2/c1-9-7-11-8-12(15(20)21)16(22)24-14(11)10(2)13(9)25-17(23)19-4-6-27-26-5-3-18/h7-8H,3-6,18H2,1-2H3,(H,19,23)(H,20,21). The van der Waals surface area contributed by atoms with E-state index in [1.54, 1.807) is 41.5 Å². The van der Waals surface area contributed by atoms with Crippen LogP contribution in [0.2, 0.25) is 0 Å². The van der Waals surface area contributed by atoms with Gasteiger partial charge in [0.05, 0.1) is 0 Å². The van der Waals surface area contributed by atoms with Crippen LogP contribution in [0, 0.1) is 13.8 Å². The molecule has 0 radical (unpaired) electrons. The minimum atomic E-state index is -1.36. The first kappa shape index (κ1) is 21.1. The van der Waals surface area contributed by atoms with E-state index in [2.05, 4.69) is 5.32 Å². The molecule has 0 saturated carbocycles. The highest BCUT2D eigenvalue weighted by atomic mass is 33.1. The van der Waals surface area contributed by atoms with Crippen molar-refractivity contribution in [3.05, 3.63) is 39.2 Å². The molecule has 0 aliphatic heterocycles. The summed E-state index contributed by atoms with van der Waals surface area (Å²) in [6, 6.07) is 2.86. The summed E-state index contributed by atoms with van der Waals surface area (Å²) in [5.41, 5.74) is 5.25. The van der Waals surface area contributed by atoms with Crippen LogP contribution in [0.15, 0.2) is 21.3 Å². The highest BCUT2D eigenvalue weighted by Gasteiger charge is 2.18. The number of carbonyl (C=O) groups excluding carboxylic acids is 1. The molecule has 1 amide bonds. The van der Waals surface area contributed by atoms with Gasteiger partial charge in [-0.1, -0.05) is 21.6 Å². The molecule has 146 valence electrons. The Morgan fingerprint density at radius 1 is 1.26 bits per heavy atom. The van der Waals surface area contributed by atoms with E-state index in [1.807, 2.05) is 0 Å². The summed E-state index contributed by atoms with van der Waals surface area (Å²) in [6.45, 7) is 4.40. The number of aromatic carboxylic acids is 1. The van der Waals surface area contributed by atoms with Crippen LogP contribution in [-0.4, -0.2) is 41.8 Å². The van der Waals surface area contributed by atoms with Crippen LogP contribution in [0.3, 0.4) is 0 Å². The van der Waals surface area contributed by atoms with Gasteiger partial charge in [-0.05, 0) is 31.5 Å². The molecule has 0 unspecified atom stereocenters. The highest BCUT2D eigenvalue weighted by molar-refractivity contribution is 8.76. The normalized spacial score (nSPS) is 10.8. The van der Waals surface area contributed by atoms with Gasteiger partial charge in [0.15, 0.2) is 0 Å². The fourth-order valence-corrected chi connectivity index (χ4v) is 4.14. The molecule has 1 heterocycles. The molecule has 1 aromatic heterocycles. The van der Waals surface area contributed by atoms with Gasteiger partial charge in [0, 0.05) is 35.5 Å². The molecular weight excluding hydrogens is 392 g/mol. The maximum atomic E-state index is 12.0. The van der Waals surface area contributed by atoms with Crippen molar-refractivity contribution >= 4 is 44.6 Å². The zero-order chi connectivity index (χ0) is 20.0. The summed E-state index contributed by atoms with van der Waals surface area (Å²) in [4.78, 5) is 34.9. The monoisotopic (exact) mass is 412 g/mol. The Morgan fingerprint density at radius 2 is 1.96 bits per heavy atom. The molecule has 27 heavy (non-hydrogen) atoms. The van der Waals surface area contributed by atoms with Crippen LogP contribution < -0.4 is 21.4 Å². The lowest BCUT2D eigenvalue weighted by atomic mass is 10.0. The zero-order valence-corrected chi connectivity index (χ0v) is 16.5. The molecule has 1 aromatic carbocycles. The van der Waals surface area contributed by atoms with Gasteiger partial charge in [-0.15, -0.1) is 0 Å². The summed E-state index contributed by atoms with van der Waals surface area (Å²) < 4.78 is 10.5. The Balaban J connectivity index is 2.14. The quantitative estimate of drug-likeness (QED) is 0.340. The number of hydrogen-bond acceptors (Lipinski definition) is 8. The number of nitrogens with one attached hydrogen (secondary N) is 1. The Hall–Kier alpha value is -2.17. The first-order chi connectivity index (χ1) is 12.8. The van der Waals surface area contributed by atoms with E-state index in [9.17, 15) is 14.4 Å². The molecule has 2 rings (SSSR count). The Morgan fingerprint density at radius 3 is 2.63 bits per heavy atom. The van der Waals surface area contributed by atoms with Crippen molar-refractivity contribution in [1.82, 2.24) is 5.32 Å². The van der Waals surface area contributed by atoms with E-state index in [0.717, 1.165) is 5.75 Å². The average Bonchev–Trinajstić information content (AvgIpc) is 2.61. The summed E-state index contributed by atoms with van der Waals surface area (Å²) in [5, 5.41) is 12.1. The number of nitrogens with two attached hydrogens (primary N) is 1. The molecule has 0 aliphatic rings. The minimum absolute atomic E-state index is 0.187. The predicted octanol–water partition coefficient (Wildman–Crippen LogP) is 2.54. The number of hydrogen-bond donors (Lipinski definition) is 3. The fourth-order valence-electron chi connectivity index (χ4n) is 2.38. The number of amides is 1. The van der Waals surface area contributed by atoms with Crippen molar-refractivity contribution < 1.29 is 23.8 Å². The summed E-state index contributed by atoms with van der Waals surface area (Å²) in [5.74, 6) is 0.473. The van der Waals surface area contributed by atoms with Crippen molar-refractivity contribution in [1.29, 1.82) is 0 Å². The molecule has 4 N–H and O–H groups in total. The molecule has 2 aromatic rings. The van der Waals surface area contributed by atoms with E-state index in [0.29, 0.717) is 35.4 Å². The van der Waals surface area contributed by atoms with Crippen LogP contribution >= 0.6 is 21.6 Å². The summed E-state index contributed by atoms with van der Waals surface area (Å²) in [7, 11) is 3.24. The van der Waals surface area contributed by atoms with E-state index in [1.165, 1.54) is 6.07 Å². The third-order valence-corrected chi connectivity index (χ3v) is 5.99. The zero-order valence-electron chi connectivity index (χ0n) is 14.9. The Bertz CT molecular complexity index is 912. The van der Waals surface area contributed by atoms with E-state index in [-0.39, 0.29) is 11.3 Å². The minimum Gasteiger partial charge on any atom is -0.477 e. The number of benzene rings is 1. The fraction of sp³-hybridized carbons (Fsp3) is 0.353. The largest absolute Gasteiger partial charge is 0.477 e. The Kier molecular flexibility index (Phi) is 7.57. The number of rotatable bonds is 8. The Labute approximate surface area is 163 Å². The third-order valence-electron chi connectivity index (χ3n) is 3.55. The van der Waals surface area contributed by atoms with Gasteiger partial charge in [0.2, 0.25) is 0 Å². The molecular formula is C17H20N2O6S2. The first-order valence-electron chi connectivity index (χ1n) is 8.06. The van der Waals surface area contributed by atoms with Crippen LogP contribution in [-0.2, 0) is 0 Å². The molecule has 0 atom stereocenters. The van der Waals surface area contributed by atoms with Crippen molar-refractivity contribution in [3.8, 4) is 5.75 Å². The maximum Gasteiger partial charge on any atom is 0.412 e. The molecule has 0 bridgehead atoms. The second kappa shape index (κ2) is 9.67. The molecule has 0 fully saturated rings. The van der Waals surface area contributed by atoms with Gasteiger partial charge in [-0.2, -0.15) is 0 Å². The average molecular weight is 412 g/mol. The predicted molar refractivity (Wildman–Crippen MR) is 107 cm³/mol. The van der Waals surface area contributed by atoms with Gasteiger partial charge in [-0.25, -0.2) is 14.4 Å². The number of carbonyl (C=O) groups is 2. The van der Waals surface area contributed by atoms with Crippen LogP contribution in [0.1, 0.15) is 21.5 Å². The number of carboxylic acid groups (broad SMARTS) is 1. The van der Waals surface area contributed by atoms with Crippen molar-refractivity contribution in [2.45, 2.75) is 13.8 Å². The van der Waals surface area contributed by atoms with Crippen LogP contribution in [0.25, 0.3) is 11.0 Å². The molecule has 0 saturated heterocycles. The second-order valence-corrected chi connectivity index (χ2v) is 8.27. The number of fused-ring (bicyclic) bond motifs is 1. The molecule has 0 aliphatic carbocycles.